The van der Waals surface area contributed by atoms with Crippen LogP contribution in [0.5, 0.6) is 0 Å². The lowest BCUT2D eigenvalue weighted by Gasteiger charge is -2.29. The van der Waals surface area contributed by atoms with Crippen LogP contribution in [0.4, 0.5) is 8.78 Å². The molecule has 0 aliphatic rings. The first-order valence-electron chi connectivity index (χ1n) is 9.78. The lowest BCUT2D eigenvalue weighted by atomic mass is 9.85. The third-order valence-corrected chi connectivity index (χ3v) is 5.27. The van der Waals surface area contributed by atoms with Crippen molar-refractivity contribution in [2.45, 2.75) is 12.0 Å². The van der Waals surface area contributed by atoms with Crippen molar-refractivity contribution in [3.05, 3.63) is 101 Å². The number of benzene rings is 3. The molecule has 0 radical (unpaired) electrons. The van der Waals surface area contributed by atoms with E-state index in [0.717, 1.165) is 0 Å². The van der Waals surface area contributed by atoms with Crippen LogP contribution in [0.25, 0.3) is 11.0 Å². The number of aryl methyl sites for hydroxylation is 1. The third kappa shape index (κ3) is 3.80. The average Bonchev–Trinajstić information content (AvgIpc) is 3.14. The maximum absolute atomic E-state index is 12.4. The molecule has 4 aromatic rings. The number of alkyl halides is 2. The molecule has 1 amide bonds. The van der Waals surface area contributed by atoms with Crippen LogP contribution in [-0.4, -0.2) is 33.5 Å². The number of imidazole rings is 1. The molecule has 0 saturated carbocycles. The Balaban J connectivity index is 1.85. The van der Waals surface area contributed by atoms with E-state index in [9.17, 15) is 18.7 Å². The monoisotopic (exact) mass is 421 g/mol. The fourth-order valence-corrected chi connectivity index (χ4v) is 3.71. The Hall–Kier alpha value is -3.58. The topological polar surface area (TPSA) is 67.1 Å². The minimum atomic E-state index is -2.62. The van der Waals surface area contributed by atoms with Gasteiger partial charge in [0.2, 0.25) is 0 Å². The molecule has 0 saturated heterocycles. The number of amides is 1. The average molecular weight is 421 g/mol. The first kappa shape index (κ1) is 20.7. The van der Waals surface area contributed by atoms with Gasteiger partial charge in [0.1, 0.15) is 0 Å². The quantitative estimate of drug-likeness (QED) is 0.497. The minimum absolute atomic E-state index is 0.241. The Kier molecular flexibility index (Phi) is 5.52. The van der Waals surface area contributed by atoms with Gasteiger partial charge in [0.25, 0.3) is 12.3 Å². The summed E-state index contributed by atoms with van der Waals surface area (Å²) in [6.07, 6.45) is -2.62. The molecule has 0 bridgehead atoms. The Labute approximate surface area is 178 Å². The summed E-state index contributed by atoms with van der Waals surface area (Å²) in [6.45, 7) is -0.713. The molecule has 7 heteroatoms. The molecule has 1 aromatic heterocycles. The van der Waals surface area contributed by atoms with Crippen LogP contribution >= 0.6 is 0 Å². The van der Waals surface area contributed by atoms with Gasteiger partial charge < -0.3 is 15.0 Å². The van der Waals surface area contributed by atoms with E-state index in [0.29, 0.717) is 28.0 Å². The van der Waals surface area contributed by atoms with Crippen LogP contribution in [0.2, 0.25) is 0 Å². The van der Waals surface area contributed by atoms with Crippen molar-refractivity contribution < 1.29 is 18.7 Å². The van der Waals surface area contributed by atoms with E-state index in [-0.39, 0.29) is 5.56 Å². The van der Waals surface area contributed by atoms with Gasteiger partial charge in [-0.25, -0.2) is 13.8 Å². The number of carbonyl (C=O) groups is 1. The lowest BCUT2D eigenvalue weighted by molar-refractivity contribution is 0.0892. The number of rotatable bonds is 6. The Morgan fingerprint density at radius 3 is 2.16 bits per heavy atom. The van der Waals surface area contributed by atoms with Crippen molar-refractivity contribution >= 4 is 16.9 Å². The zero-order valence-electron chi connectivity index (χ0n) is 16.8. The molecule has 31 heavy (non-hydrogen) atoms. The van der Waals surface area contributed by atoms with E-state index in [4.69, 9.17) is 0 Å². The fourth-order valence-electron chi connectivity index (χ4n) is 3.71. The predicted molar refractivity (Wildman–Crippen MR) is 114 cm³/mol. The number of aliphatic hydroxyl groups is 1. The fraction of sp³-hybridized carbons (Fsp3) is 0.167. The number of carbonyl (C=O) groups excluding carboxylic acids is 1. The molecule has 4 rings (SSSR count). The highest BCUT2D eigenvalue weighted by molar-refractivity contribution is 5.97. The molecule has 0 fully saturated rings. The van der Waals surface area contributed by atoms with Gasteiger partial charge in [-0.3, -0.25) is 4.79 Å². The van der Waals surface area contributed by atoms with E-state index in [1.54, 1.807) is 23.7 Å². The summed E-state index contributed by atoms with van der Waals surface area (Å²) in [6, 6.07) is 23.2. The van der Waals surface area contributed by atoms with Crippen molar-refractivity contribution in [2.24, 2.45) is 7.05 Å². The summed E-state index contributed by atoms with van der Waals surface area (Å²) < 4.78 is 26.6. The van der Waals surface area contributed by atoms with Gasteiger partial charge in [0.15, 0.2) is 11.4 Å². The number of hydrogen-bond donors (Lipinski definition) is 2. The van der Waals surface area contributed by atoms with E-state index in [1.165, 1.54) is 6.07 Å². The van der Waals surface area contributed by atoms with Crippen molar-refractivity contribution in [2.75, 3.05) is 6.54 Å². The summed E-state index contributed by atoms with van der Waals surface area (Å²) in [5, 5.41) is 14.2. The largest absolute Gasteiger partial charge is 0.373 e. The van der Waals surface area contributed by atoms with Crippen molar-refractivity contribution in [3.63, 3.8) is 0 Å². The predicted octanol–water partition coefficient (Wildman–Crippen LogP) is 3.85. The second-order valence-corrected chi connectivity index (χ2v) is 7.24. The first-order valence-corrected chi connectivity index (χ1v) is 9.78. The summed E-state index contributed by atoms with van der Waals surface area (Å²) in [5.74, 6) is -0.212. The van der Waals surface area contributed by atoms with Gasteiger partial charge in [-0.05, 0) is 29.3 Å². The maximum Gasteiger partial charge on any atom is 0.255 e. The Morgan fingerprint density at radius 2 is 1.61 bits per heavy atom. The highest BCUT2D eigenvalue weighted by Crippen LogP contribution is 2.37. The second-order valence-electron chi connectivity index (χ2n) is 7.24. The Bertz CT molecular complexity index is 1170. The van der Waals surface area contributed by atoms with Gasteiger partial charge in [0.05, 0.1) is 17.6 Å². The number of hydrogen-bond acceptors (Lipinski definition) is 3. The van der Waals surface area contributed by atoms with Crippen LogP contribution in [0.15, 0.2) is 78.9 Å². The standard InChI is InChI=1S/C24H21F2N3O2/c1-29-20-14-16(22(30)27-15-21(25)26)12-13-19(20)28-23(29)24(31,17-8-4-2-5-9-17)18-10-6-3-7-11-18/h2-14,21,31H,15H2,1H3,(H,27,30). The van der Waals surface area contributed by atoms with Crippen LogP contribution < -0.4 is 5.32 Å². The number of nitrogens with one attached hydrogen (secondary N) is 1. The molecule has 0 aliphatic carbocycles. The summed E-state index contributed by atoms with van der Waals surface area (Å²) in [5.41, 5.74) is 1.18. The lowest BCUT2D eigenvalue weighted by Crippen LogP contribution is -2.32. The summed E-state index contributed by atoms with van der Waals surface area (Å²) in [4.78, 5) is 16.9. The summed E-state index contributed by atoms with van der Waals surface area (Å²) in [7, 11) is 1.75. The second kappa shape index (κ2) is 8.28. The molecular weight excluding hydrogens is 400 g/mol. The minimum Gasteiger partial charge on any atom is -0.373 e. The molecule has 0 aliphatic heterocycles. The van der Waals surface area contributed by atoms with Gasteiger partial charge in [-0.1, -0.05) is 60.7 Å². The van der Waals surface area contributed by atoms with Crippen LogP contribution in [0.3, 0.4) is 0 Å². The number of halogens is 2. The van der Waals surface area contributed by atoms with Crippen LogP contribution in [-0.2, 0) is 12.6 Å². The van der Waals surface area contributed by atoms with Gasteiger partial charge in [-0.2, -0.15) is 0 Å². The van der Waals surface area contributed by atoms with E-state index in [2.05, 4.69) is 10.3 Å². The van der Waals surface area contributed by atoms with Gasteiger partial charge in [-0.15, -0.1) is 0 Å². The number of aromatic nitrogens is 2. The van der Waals surface area contributed by atoms with Gasteiger partial charge >= 0.3 is 0 Å². The SMILES string of the molecule is Cn1c(C(O)(c2ccccc2)c2ccccc2)nc2ccc(C(=O)NCC(F)F)cc21. The van der Waals surface area contributed by atoms with E-state index >= 15 is 0 Å². The summed E-state index contributed by atoms with van der Waals surface area (Å²) >= 11 is 0. The number of fused-ring (bicyclic) bond motifs is 1. The zero-order chi connectivity index (χ0) is 22.0. The highest BCUT2D eigenvalue weighted by Gasteiger charge is 2.38. The normalized spacial score (nSPS) is 11.8. The molecule has 0 atom stereocenters. The molecule has 1 heterocycles. The van der Waals surface area contributed by atoms with Crippen molar-refractivity contribution in [1.82, 2.24) is 14.9 Å². The van der Waals surface area contributed by atoms with E-state index < -0.39 is 24.5 Å². The molecule has 5 nitrogen and oxygen atoms in total. The highest BCUT2D eigenvalue weighted by atomic mass is 19.3. The van der Waals surface area contributed by atoms with Gasteiger partial charge in [0, 0.05) is 12.6 Å². The molecule has 3 aromatic carbocycles. The Morgan fingerprint density at radius 1 is 1.03 bits per heavy atom. The van der Waals surface area contributed by atoms with Crippen molar-refractivity contribution in [1.29, 1.82) is 0 Å². The molecule has 0 unspecified atom stereocenters. The van der Waals surface area contributed by atoms with Crippen molar-refractivity contribution in [3.8, 4) is 0 Å². The van der Waals surface area contributed by atoms with Crippen LogP contribution in [0, 0.1) is 0 Å². The smallest absolute Gasteiger partial charge is 0.255 e. The zero-order valence-corrected chi connectivity index (χ0v) is 16.8. The van der Waals surface area contributed by atoms with Crippen LogP contribution in [0.1, 0.15) is 27.3 Å². The number of nitrogens with zero attached hydrogens (tertiary/aromatic N) is 2. The van der Waals surface area contributed by atoms with E-state index in [1.807, 2.05) is 60.7 Å². The third-order valence-electron chi connectivity index (χ3n) is 5.27. The maximum atomic E-state index is 12.4. The first-order chi connectivity index (χ1) is 14.9. The molecule has 0 spiro atoms. The molecule has 2 N–H and O–H groups in total. The molecular formula is C24H21F2N3O2. The molecule has 158 valence electrons.